The minimum absolute atomic E-state index is 0.173. The van der Waals surface area contributed by atoms with Crippen LogP contribution in [0.25, 0.3) is 0 Å². The Labute approximate surface area is 129 Å². The van der Waals surface area contributed by atoms with Crippen LogP contribution in [0, 0.1) is 13.8 Å². The number of hydrogen-bond donors (Lipinski definition) is 2. The fourth-order valence-electron chi connectivity index (χ4n) is 1.80. The minimum atomic E-state index is 0.173. The molecule has 112 valence electrons. The number of anilines is 1. The highest BCUT2D eigenvalue weighted by atomic mass is 35.5. The van der Waals surface area contributed by atoms with Crippen molar-refractivity contribution in [2.45, 2.75) is 33.6 Å². The van der Waals surface area contributed by atoms with Gasteiger partial charge in [0.15, 0.2) is 5.82 Å². The Kier molecular flexibility index (Phi) is 4.65. The van der Waals surface area contributed by atoms with E-state index < -0.39 is 0 Å². The SMILES string of the molecule is Cc1cc(Oc2nc(C(C)C)nc(NN)c2C)ccc1Cl. The van der Waals surface area contributed by atoms with Gasteiger partial charge in [-0.2, -0.15) is 4.98 Å². The molecule has 0 saturated carbocycles. The highest BCUT2D eigenvalue weighted by Gasteiger charge is 2.14. The average Bonchev–Trinajstić information content (AvgIpc) is 2.44. The second-order valence-electron chi connectivity index (χ2n) is 5.17. The van der Waals surface area contributed by atoms with Crippen molar-refractivity contribution < 1.29 is 4.74 Å². The number of nitrogen functional groups attached to an aromatic ring is 1. The van der Waals surface area contributed by atoms with Gasteiger partial charge in [0.2, 0.25) is 5.88 Å². The first-order valence-corrected chi connectivity index (χ1v) is 7.09. The Morgan fingerprint density at radius 3 is 2.52 bits per heavy atom. The molecule has 6 heteroatoms. The molecule has 0 aliphatic rings. The molecule has 2 rings (SSSR count). The Morgan fingerprint density at radius 1 is 1.24 bits per heavy atom. The lowest BCUT2D eigenvalue weighted by Gasteiger charge is -2.14. The van der Waals surface area contributed by atoms with Crippen molar-refractivity contribution in [1.82, 2.24) is 9.97 Å². The molecule has 0 spiro atoms. The monoisotopic (exact) mass is 306 g/mol. The van der Waals surface area contributed by atoms with Crippen LogP contribution < -0.4 is 16.0 Å². The quantitative estimate of drug-likeness (QED) is 0.661. The van der Waals surface area contributed by atoms with Crippen molar-refractivity contribution >= 4 is 17.4 Å². The van der Waals surface area contributed by atoms with Crippen molar-refractivity contribution in [1.29, 1.82) is 0 Å². The van der Waals surface area contributed by atoms with E-state index >= 15 is 0 Å². The fourth-order valence-corrected chi connectivity index (χ4v) is 1.92. The summed E-state index contributed by atoms with van der Waals surface area (Å²) in [5, 5.41) is 0.703. The van der Waals surface area contributed by atoms with Crippen LogP contribution in [-0.4, -0.2) is 9.97 Å². The molecule has 5 nitrogen and oxygen atoms in total. The number of benzene rings is 1. The summed E-state index contributed by atoms with van der Waals surface area (Å²) in [6.07, 6.45) is 0. The molecule has 2 aromatic rings. The Morgan fingerprint density at radius 2 is 1.95 bits per heavy atom. The lowest BCUT2D eigenvalue weighted by molar-refractivity contribution is 0.453. The largest absolute Gasteiger partial charge is 0.439 e. The Hall–Kier alpha value is -1.85. The zero-order chi connectivity index (χ0) is 15.6. The Balaban J connectivity index is 2.42. The van der Waals surface area contributed by atoms with Gasteiger partial charge in [0, 0.05) is 10.9 Å². The zero-order valence-electron chi connectivity index (χ0n) is 12.6. The van der Waals surface area contributed by atoms with Crippen LogP contribution in [0.3, 0.4) is 0 Å². The maximum Gasteiger partial charge on any atom is 0.227 e. The molecule has 0 aliphatic carbocycles. The number of aryl methyl sites for hydroxylation is 1. The number of nitrogens with two attached hydrogens (primary N) is 1. The molecule has 1 heterocycles. The highest BCUT2D eigenvalue weighted by molar-refractivity contribution is 6.31. The molecular formula is C15H19ClN4O. The minimum Gasteiger partial charge on any atom is -0.439 e. The van der Waals surface area contributed by atoms with E-state index in [1.54, 1.807) is 6.07 Å². The standard InChI is InChI=1S/C15H19ClN4O/c1-8(2)13-18-14(20-17)10(4)15(19-13)21-11-5-6-12(16)9(3)7-11/h5-8H,17H2,1-4H3,(H,18,19,20). The van der Waals surface area contributed by atoms with Crippen LogP contribution in [0.15, 0.2) is 18.2 Å². The summed E-state index contributed by atoms with van der Waals surface area (Å²) in [6.45, 7) is 7.81. The van der Waals surface area contributed by atoms with Gasteiger partial charge in [0.1, 0.15) is 11.6 Å². The third-order valence-corrected chi connectivity index (χ3v) is 3.54. The fraction of sp³-hybridized carbons (Fsp3) is 0.333. The first-order chi connectivity index (χ1) is 9.92. The first kappa shape index (κ1) is 15.5. The third-order valence-electron chi connectivity index (χ3n) is 3.12. The topological polar surface area (TPSA) is 73.1 Å². The van der Waals surface area contributed by atoms with Gasteiger partial charge in [0.05, 0.1) is 5.56 Å². The van der Waals surface area contributed by atoms with Crippen LogP contribution in [0.5, 0.6) is 11.6 Å². The zero-order valence-corrected chi connectivity index (χ0v) is 13.3. The highest BCUT2D eigenvalue weighted by Crippen LogP contribution is 2.30. The molecule has 1 aromatic heterocycles. The van der Waals surface area contributed by atoms with Gasteiger partial charge < -0.3 is 10.2 Å². The number of ether oxygens (including phenoxy) is 1. The van der Waals surface area contributed by atoms with Crippen LogP contribution in [0.2, 0.25) is 5.02 Å². The second-order valence-corrected chi connectivity index (χ2v) is 5.58. The van der Waals surface area contributed by atoms with E-state index in [1.165, 1.54) is 0 Å². The predicted molar refractivity (Wildman–Crippen MR) is 84.9 cm³/mol. The number of hydrazine groups is 1. The number of nitrogens with one attached hydrogen (secondary N) is 1. The summed E-state index contributed by atoms with van der Waals surface area (Å²) in [6, 6.07) is 5.48. The third kappa shape index (κ3) is 3.43. The average molecular weight is 307 g/mol. The lowest BCUT2D eigenvalue weighted by atomic mass is 10.2. The molecule has 0 fully saturated rings. The van der Waals surface area contributed by atoms with Crippen LogP contribution >= 0.6 is 11.6 Å². The molecule has 0 bridgehead atoms. The summed E-state index contributed by atoms with van der Waals surface area (Å²) in [7, 11) is 0. The summed E-state index contributed by atoms with van der Waals surface area (Å²) < 4.78 is 5.87. The second kappa shape index (κ2) is 6.28. The van der Waals surface area contributed by atoms with Gasteiger partial charge in [-0.1, -0.05) is 25.4 Å². The van der Waals surface area contributed by atoms with Crippen LogP contribution in [0.4, 0.5) is 5.82 Å². The molecule has 3 N–H and O–H groups in total. The van der Waals surface area contributed by atoms with Gasteiger partial charge >= 0.3 is 0 Å². The predicted octanol–water partition coefficient (Wildman–Crippen LogP) is 3.95. The number of aromatic nitrogens is 2. The molecule has 21 heavy (non-hydrogen) atoms. The lowest BCUT2D eigenvalue weighted by Crippen LogP contribution is -2.13. The van der Waals surface area contributed by atoms with E-state index in [-0.39, 0.29) is 5.92 Å². The molecule has 1 aromatic carbocycles. The molecule has 0 atom stereocenters. The number of nitrogens with zero attached hydrogens (tertiary/aromatic N) is 2. The van der Waals surface area contributed by atoms with Crippen molar-refractivity contribution in [3.63, 3.8) is 0 Å². The molecule has 0 radical (unpaired) electrons. The van der Waals surface area contributed by atoms with Crippen molar-refractivity contribution in [3.05, 3.63) is 40.2 Å². The normalized spacial score (nSPS) is 10.8. The van der Waals surface area contributed by atoms with Gasteiger partial charge in [0.25, 0.3) is 0 Å². The molecule has 0 unspecified atom stereocenters. The Bertz CT molecular complexity index is 658. The van der Waals surface area contributed by atoms with Crippen molar-refractivity contribution in [3.8, 4) is 11.6 Å². The number of halogens is 1. The molecule has 0 aliphatic heterocycles. The van der Waals surface area contributed by atoms with E-state index in [4.69, 9.17) is 22.2 Å². The van der Waals surface area contributed by atoms with E-state index in [1.807, 2.05) is 39.8 Å². The summed E-state index contributed by atoms with van der Waals surface area (Å²) in [4.78, 5) is 8.84. The maximum atomic E-state index is 6.02. The van der Waals surface area contributed by atoms with Crippen molar-refractivity contribution in [2.24, 2.45) is 5.84 Å². The number of rotatable bonds is 4. The van der Waals surface area contributed by atoms with E-state index in [9.17, 15) is 0 Å². The van der Waals surface area contributed by atoms with E-state index in [0.29, 0.717) is 28.3 Å². The number of hydrogen-bond acceptors (Lipinski definition) is 5. The van der Waals surface area contributed by atoms with E-state index in [2.05, 4.69) is 15.4 Å². The smallest absolute Gasteiger partial charge is 0.227 e. The van der Waals surface area contributed by atoms with Crippen LogP contribution in [-0.2, 0) is 0 Å². The molecule has 0 saturated heterocycles. The maximum absolute atomic E-state index is 6.02. The van der Waals surface area contributed by atoms with Gasteiger partial charge in [-0.05, 0) is 37.6 Å². The van der Waals surface area contributed by atoms with Gasteiger partial charge in [-0.25, -0.2) is 10.8 Å². The first-order valence-electron chi connectivity index (χ1n) is 6.71. The van der Waals surface area contributed by atoms with Crippen LogP contribution in [0.1, 0.15) is 36.7 Å². The van der Waals surface area contributed by atoms with E-state index in [0.717, 1.165) is 11.1 Å². The van der Waals surface area contributed by atoms with Gasteiger partial charge in [-0.15, -0.1) is 0 Å². The summed E-state index contributed by atoms with van der Waals surface area (Å²) >= 11 is 6.02. The molecule has 0 amide bonds. The summed E-state index contributed by atoms with van der Waals surface area (Å²) in [5.41, 5.74) is 4.29. The van der Waals surface area contributed by atoms with Crippen molar-refractivity contribution in [2.75, 3.05) is 5.43 Å². The molecular weight excluding hydrogens is 288 g/mol. The summed E-state index contributed by atoms with van der Waals surface area (Å²) in [5.74, 6) is 8.09. The van der Waals surface area contributed by atoms with Gasteiger partial charge in [-0.3, -0.25) is 0 Å².